The van der Waals surface area contributed by atoms with Gasteiger partial charge < -0.3 is 14.3 Å². The summed E-state index contributed by atoms with van der Waals surface area (Å²) in [7, 11) is 0. The molecule has 0 aliphatic heterocycles. The predicted octanol–water partition coefficient (Wildman–Crippen LogP) is 4.76. The number of ether oxygens (including phenoxy) is 2. The Morgan fingerprint density at radius 3 is 2.43 bits per heavy atom. The Morgan fingerprint density at radius 2 is 1.83 bits per heavy atom. The lowest BCUT2D eigenvalue weighted by Crippen LogP contribution is -2.28. The zero-order chi connectivity index (χ0) is 16.9. The molecular weight excluding hydrogens is 377 g/mol. The van der Waals surface area contributed by atoms with Crippen molar-refractivity contribution in [2.24, 2.45) is 0 Å². The van der Waals surface area contributed by atoms with Crippen LogP contribution in [-0.2, 0) is 15.7 Å². The van der Waals surface area contributed by atoms with Crippen molar-refractivity contribution in [3.8, 4) is 5.75 Å². The van der Waals surface area contributed by atoms with E-state index < -0.39 is 11.7 Å². The van der Waals surface area contributed by atoms with E-state index in [1.807, 2.05) is 0 Å². The summed E-state index contributed by atoms with van der Waals surface area (Å²) in [4.78, 5) is 10.2. The molecule has 7 heteroatoms. The van der Waals surface area contributed by atoms with Gasteiger partial charge in [0.2, 0.25) is 0 Å². The maximum Gasteiger partial charge on any atom is 0.417 e. The van der Waals surface area contributed by atoms with E-state index in [0.29, 0.717) is 13.0 Å². The topological polar surface area (TPSA) is 35.5 Å². The molecule has 23 heavy (non-hydrogen) atoms. The number of carbonyl (C=O) groups excluding carboxylic acids is 1. The van der Waals surface area contributed by atoms with Gasteiger partial charge in [0.15, 0.2) is 0 Å². The Hall–Kier alpha value is -1.08. The van der Waals surface area contributed by atoms with Crippen LogP contribution in [-0.4, -0.2) is 25.1 Å². The van der Waals surface area contributed by atoms with Crippen LogP contribution in [0.5, 0.6) is 5.75 Å². The molecule has 128 valence electrons. The number of rotatable bonds is 6. The van der Waals surface area contributed by atoms with Gasteiger partial charge >= 0.3 is 6.18 Å². The maximum atomic E-state index is 12.9. The Morgan fingerprint density at radius 1 is 1.17 bits per heavy atom. The first-order chi connectivity index (χ1) is 10.9. The van der Waals surface area contributed by atoms with Crippen molar-refractivity contribution in [2.75, 3.05) is 6.61 Å². The minimum atomic E-state index is -4.41. The summed E-state index contributed by atoms with van der Waals surface area (Å²) >= 11 is 2.91. The number of carbonyl (C=O) groups is 1. The molecule has 1 saturated carbocycles. The first-order valence-corrected chi connectivity index (χ1v) is 8.28. The SMILES string of the molecule is O=CCCOC1CCC(Oc2ccc(Br)c(C(F)(F)F)c2)CC1. The van der Waals surface area contributed by atoms with Crippen molar-refractivity contribution in [2.45, 2.75) is 50.5 Å². The standard InChI is InChI=1S/C16H18BrF3O3/c17-15-7-6-13(10-14(15)16(18,19)20)23-12-4-2-11(3-5-12)22-9-1-8-21/h6-8,10-12H,1-5,9H2. The molecule has 0 spiro atoms. The van der Waals surface area contributed by atoms with Gasteiger partial charge in [0.05, 0.1) is 24.4 Å². The number of benzene rings is 1. The smallest absolute Gasteiger partial charge is 0.417 e. The number of alkyl halides is 3. The van der Waals surface area contributed by atoms with Gasteiger partial charge in [-0.15, -0.1) is 0 Å². The van der Waals surface area contributed by atoms with Gasteiger partial charge in [-0.1, -0.05) is 15.9 Å². The molecule has 0 bridgehead atoms. The molecule has 0 heterocycles. The number of hydrogen-bond acceptors (Lipinski definition) is 3. The van der Waals surface area contributed by atoms with E-state index in [9.17, 15) is 18.0 Å². The van der Waals surface area contributed by atoms with E-state index >= 15 is 0 Å². The molecule has 0 amide bonds. The second kappa shape index (κ2) is 8.15. The first kappa shape index (κ1) is 18.3. The van der Waals surface area contributed by atoms with Gasteiger partial charge in [-0.2, -0.15) is 13.2 Å². The average Bonchev–Trinajstić information content (AvgIpc) is 2.50. The Kier molecular flexibility index (Phi) is 6.47. The highest BCUT2D eigenvalue weighted by Gasteiger charge is 2.33. The molecule has 0 atom stereocenters. The van der Waals surface area contributed by atoms with Gasteiger partial charge in [-0.25, -0.2) is 0 Å². The molecule has 0 saturated heterocycles. The van der Waals surface area contributed by atoms with Crippen molar-refractivity contribution >= 4 is 22.2 Å². The third-order valence-electron chi connectivity index (χ3n) is 3.76. The van der Waals surface area contributed by atoms with Crippen molar-refractivity contribution in [1.82, 2.24) is 0 Å². The summed E-state index contributed by atoms with van der Waals surface area (Å²) in [5, 5.41) is 0. The second-order valence-electron chi connectivity index (χ2n) is 5.48. The zero-order valence-corrected chi connectivity index (χ0v) is 14.0. The quantitative estimate of drug-likeness (QED) is 0.515. The molecule has 3 nitrogen and oxygen atoms in total. The van der Waals surface area contributed by atoms with Crippen LogP contribution in [0.2, 0.25) is 0 Å². The highest BCUT2D eigenvalue weighted by Crippen LogP contribution is 2.37. The summed E-state index contributed by atoms with van der Waals surface area (Å²) in [6, 6.07) is 3.91. The first-order valence-electron chi connectivity index (χ1n) is 7.49. The molecule has 0 unspecified atom stereocenters. The summed E-state index contributed by atoms with van der Waals surface area (Å²) in [6.07, 6.45) is -0.197. The summed E-state index contributed by atoms with van der Waals surface area (Å²) in [5.74, 6) is 0.228. The van der Waals surface area contributed by atoms with Gasteiger partial charge in [-0.3, -0.25) is 0 Å². The van der Waals surface area contributed by atoms with Crippen molar-refractivity contribution in [1.29, 1.82) is 0 Å². The van der Waals surface area contributed by atoms with Crippen LogP contribution in [0.1, 0.15) is 37.7 Å². The molecule has 1 fully saturated rings. The fourth-order valence-corrected chi connectivity index (χ4v) is 3.06. The minimum absolute atomic E-state index is 0.00429. The average molecular weight is 395 g/mol. The van der Waals surface area contributed by atoms with E-state index in [-0.39, 0.29) is 22.4 Å². The fraction of sp³-hybridized carbons (Fsp3) is 0.562. The zero-order valence-electron chi connectivity index (χ0n) is 12.4. The van der Waals surface area contributed by atoms with Gasteiger partial charge in [0.25, 0.3) is 0 Å². The van der Waals surface area contributed by atoms with Crippen molar-refractivity contribution in [3.05, 3.63) is 28.2 Å². The second-order valence-corrected chi connectivity index (χ2v) is 6.34. The lowest BCUT2D eigenvalue weighted by Gasteiger charge is -2.29. The van der Waals surface area contributed by atoms with Crippen LogP contribution in [0.25, 0.3) is 0 Å². The van der Waals surface area contributed by atoms with E-state index in [4.69, 9.17) is 9.47 Å². The van der Waals surface area contributed by atoms with Gasteiger partial charge in [0, 0.05) is 10.9 Å². The molecule has 1 aliphatic carbocycles. The molecule has 1 aromatic rings. The van der Waals surface area contributed by atoms with Crippen LogP contribution >= 0.6 is 15.9 Å². The van der Waals surface area contributed by atoms with Gasteiger partial charge in [-0.05, 0) is 43.9 Å². The summed E-state index contributed by atoms with van der Waals surface area (Å²) in [6.45, 7) is 0.418. The molecule has 1 aliphatic rings. The Labute approximate surface area is 141 Å². The Bertz CT molecular complexity index is 526. The highest BCUT2D eigenvalue weighted by atomic mass is 79.9. The van der Waals surface area contributed by atoms with Gasteiger partial charge in [0.1, 0.15) is 12.0 Å². The summed E-state index contributed by atoms with van der Waals surface area (Å²) < 4.78 is 49.9. The molecule has 0 radical (unpaired) electrons. The van der Waals surface area contributed by atoms with Crippen LogP contribution in [0.3, 0.4) is 0 Å². The lowest BCUT2D eigenvalue weighted by atomic mass is 9.95. The van der Waals surface area contributed by atoms with Crippen LogP contribution < -0.4 is 4.74 Å². The maximum absolute atomic E-state index is 12.9. The third-order valence-corrected chi connectivity index (χ3v) is 4.45. The molecule has 1 aromatic carbocycles. The Balaban J connectivity index is 1.88. The molecule has 2 rings (SSSR count). The van der Waals surface area contributed by atoms with Crippen LogP contribution in [0.15, 0.2) is 22.7 Å². The highest BCUT2D eigenvalue weighted by molar-refractivity contribution is 9.10. The monoisotopic (exact) mass is 394 g/mol. The largest absolute Gasteiger partial charge is 0.490 e. The van der Waals surface area contributed by atoms with Crippen LogP contribution in [0, 0.1) is 0 Å². The number of hydrogen-bond donors (Lipinski definition) is 0. The number of aldehydes is 1. The fourth-order valence-electron chi connectivity index (χ4n) is 2.59. The molecular formula is C16H18BrF3O3. The van der Waals surface area contributed by atoms with E-state index in [1.54, 1.807) is 0 Å². The predicted molar refractivity (Wildman–Crippen MR) is 82.4 cm³/mol. The van der Waals surface area contributed by atoms with E-state index in [1.165, 1.54) is 12.1 Å². The third kappa shape index (κ3) is 5.49. The molecule has 0 aromatic heterocycles. The van der Waals surface area contributed by atoms with Crippen molar-refractivity contribution in [3.63, 3.8) is 0 Å². The number of halogens is 4. The van der Waals surface area contributed by atoms with Crippen LogP contribution in [0.4, 0.5) is 13.2 Å². The normalized spacial score (nSPS) is 21.9. The minimum Gasteiger partial charge on any atom is -0.490 e. The van der Waals surface area contributed by atoms with Crippen molar-refractivity contribution < 1.29 is 27.4 Å². The lowest BCUT2D eigenvalue weighted by molar-refractivity contribution is -0.138. The van der Waals surface area contributed by atoms with E-state index in [2.05, 4.69) is 15.9 Å². The van der Waals surface area contributed by atoms with E-state index in [0.717, 1.165) is 38.0 Å². The molecule has 0 N–H and O–H groups in total. The summed E-state index contributed by atoms with van der Waals surface area (Å²) in [5.41, 5.74) is -0.735.